The number of fused-ring (bicyclic) bond motifs is 4. The van der Waals surface area contributed by atoms with Crippen molar-refractivity contribution in [3.63, 3.8) is 0 Å². The van der Waals surface area contributed by atoms with Crippen molar-refractivity contribution in [1.29, 1.82) is 0 Å². The van der Waals surface area contributed by atoms with Gasteiger partial charge in [0.2, 0.25) is 5.91 Å². The lowest BCUT2D eigenvalue weighted by atomic mass is 9.51. The van der Waals surface area contributed by atoms with E-state index in [0.717, 1.165) is 49.3 Å². The number of carbonyl (C=O) groups excluding carboxylic acids is 1. The Bertz CT molecular complexity index is 979. The van der Waals surface area contributed by atoms with Gasteiger partial charge in [-0.15, -0.1) is 0 Å². The van der Waals surface area contributed by atoms with Gasteiger partial charge in [0.1, 0.15) is 5.54 Å². The van der Waals surface area contributed by atoms with Gasteiger partial charge in [0.15, 0.2) is 0 Å². The fourth-order valence-corrected chi connectivity index (χ4v) is 6.99. The molecular formula is C21H24ClN3O. The van der Waals surface area contributed by atoms with Gasteiger partial charge < -0.3 is 10.3 Å². The molecule has 3 atom stereocenters. The van der Waals surface area contributed by atoms with E-state index in [1.165, 1.54) is 16.6 Å². The zero-order valence-electron chi connectivity index (χ0n) is 15.3. The van der Waals surface area contributed by atoms with Crippen LogP contribution in [0.5, 0.6) is 0 Å². The Morgan fingerprint density at radius 3 is 3.00 bits per heavy atom. The molecule has 136 valence electrons. The number of nitrogens with zero attached hydrogens (tertiary/aromatic N) is 1. The number of hydrogen-bond acceptors (Lipinski definition) is 2. The molecule has 5 heterocycles. The number of piperazine rings is 1. The molecule has 2 aromatic rings. The molecule has 5 aliphatic rings. The molecule has 2 bridgehead atoms. The summed E-state index contributed by atoms with van der Waals surface area (Å²) in [6.45, 7) is 6.78. The van der Waals surface area contributed by atoms with Crippen molar-refractivity contribution in [3.8, 4) is 0 Å². The van der Waals surface area contributed by atoms with Crippen LogP contribution in [0.4, 0.5) is 0 Å². The van der Waals surface area contributed by atoms with E-state index in [4.69, 9.17) is 11.6 Å². The van der Waals surface area contributed by atoms with Crippen molar-refractivity contribution in [2.75, 3.05) is 13.1 Å². The van der Waals surface area contributed by atoms with E-state index in [0.29, 0.717) is 5.92 Å². The summed E-state index contributed by atoms with van der Waals surface area (Å²) in [7, 11) is 0. The first-order valence-electron chi connectivity index (χ1n) is 9.74. The zero-order chi connectivity index (χ0) is 17.9. The highest BCUT2D eigenvalue weighted by molar-refractivity contribution is 6.31. The summed E-state index contributed by atoms with van der Waals surface area (Å²) in [6, 6.07) is 6.13. The van der Waals surface area contributed by atoms with Gasteiger partial charge in [-0.3, -0.25) is 9.69 Å². The molecule has 4 aliphatic heterocycles. The largest absolute Gasteiger partial charge is 0.358 e. The number of piperidine rings is 2. The molecule has 26 heavy (non-hydrogen) atoms. The van der Waals surface area contributed by atoms with Crippen LogP contribution in [0.25, 0.3) is 10.9 Å². The number of nitrogens with one attached hydrogen (secondary N) is 2. The van der Waals surface area contributed by atoms with Crippen LogP contribution in [0.1, 0.15) is 44.4 Å². The van der Waals surface area contributed by atoms with Crippen LogP contribution in [0.3, 0.4) is 0 Å². The van der Waals surface area contributed by atoms with Crippen LogP contribution in [0.2, 0.25) is 5.02 Å². The van der Waals surface area contributed by atoms with Gasteiger partial charge in [-0.1, -0.05) is 31.5 Å². The Balaban J connectivity index is 1.59. The van der Waals surface area contributed by atoms with Crippen molar-refractivity contribution in [2.45, 2.75) is 56.0 Å². The Morgan fingerprint density at radius 1 is 1.31 bits per heavy atom. The van der Waals surface area contributed by atoms with Crippen molar-refractivity contribution >= 4 is 28.4 Å². The summed E-state index contributed by atoms with van der Waals surface area (Å²) in [6.07, 6.45) is 4.05. The second kappa shape index (κ2) is 4.48. The zero-order valence-corrected chi connectivity index (χ0v) is 16.0. The number of halogens is 1. The van der Waals surface area contributed by atoms with Crippen LogP contribution < -0.4 is 5.32 Å². The minimum Gasteiger partial charge on any atom is -0.358 e. The van der Waals surface area contributed by atoms with E-state index in [1.54, 1.807) is 0 Å². The van der Waals surface area contributed by atoms with E-state index in [2.05, 4.69) is 35.1 Å². The maximum absolute atomic E-state index is 13.1. The number of H-pyrrole nitrogens is 1. The minimum atomic E-state index is -0.253. The summed E-state index contributed by atoms with van der Waals surface area (Å²) in [5.41, 5.74) is 3.42. The lowest BCUT2D eigenvalue weighted by Crippen LogP contribution is -2.82. The molecule has 2 N–H and O–H groups in total. The number of benzene rings is 1. The van der Waals surface area contributed by atoms with Crippen molar-refractivity contribution in [3.05, 3.63) is 34.5 Å². The van der Waals surface area contributed by atoms with Gasteiger partial charge >= 0.3 is 0 Å². The predicted molar refractivity (Wildman–Crippen MR) is 103 cm³/mol. The number of hydrogen-bond donors (Lipinski definition) is 2. The Labute approximate surface area is 158 Å². The predicted octanol–water partition coefficient (Wildman–Crippen LogP) is 3.38. The third-order valence-corrected chi connectivity index (χ3v) is 8.20. The molecule has 0 saturated carbocycles. The van der Waals surface area contributed by atoms with Crippen molar-refractivity contribution < 1.29 is 4.79 Å². The van der Waals surface area contributed by atoms with Gasteiger partial charge in [-0.2, -0.15) is 0 Å². The lowest BCUT2D eigenvalue weighted by molar-refractivity contribution is -0.160. The number of carbonyl (C=O) groups is 1. The number of aromatic amines is 1. The standard InChI is InChI=1S/C21H24ClN3O/c1-19(2)16-10-21-6-3-7-25(21)11-20(16,24-18(21)26)9-14-13-5-4-12(22)8-15(13)23-17(14)19/h4-5,8,16,23H,3,6-7,9-11H2,1-2H3,(H,24,26)/t16-,20+,21-/m1/s1. The third-order valence-electron chi connectivity index (χ3n) is 7.97. The SMILES string of the molecule is CC1(C)c2[nH]c3cc(Cl)ccc3c2C[C@]23CN4CCC[C@@]4(C[C@H]12)C(=O)N3. The van der Waals surface area contributed by atoms with Gasteiger partial charge in [-0.05, 0) is 55.8 Å². The molecule has 1 amide bonds. The van der Waals surface area contributed by atoms with E-state index in [1.807, 2.05) is 12.1 Å². The average molecular weight is 370 g/mol. The molecule has 4 fully saturated rings. The highest BCUT2D eigenvalue weighted by Gasteiger charge is 2.68. The topological polar surface area (TPSA) is 48.1 Å². The highest BCUT2D eigenvalue weighted by Crippen LogP contribution is 2.58. The van der Waals surface area contributed by atoms with Crippen molar-refractivity contribution in [1.82, 2.24) is 15.2 Å². The summed E-state index contributed by atoms with van der Waals surface area (Å²) in [5.74, 6) is 0.734. The van der Waals surface area contributed by atoms with E-state index >= 15 is 0 Å². The quantitative estimate of drug-likeness (QED) is 0.748. The van der Waals surface area contributed by atoms with Crippen LogP contribution in [-0.2, 0) is 16.6 Å². The first-order chi connectivity index (χ1) is 12.4. The first-order valence-corrected chi connectivity index (χ1v) is 10.1. The molecule has 1 aliphatic carbocycles. The van der Waals surface area contributed by atoms with E-state index in [9.17, 15) is 4.79 Å². The molecule has 0 unspecified atom stereocenters. The summed E-state index contributed by atoms with van der Waals surface area (Å²) < 4.78 is 0. The summed E-state index contributed by atoms with van der Waals surface area (Å²) >= 11 is 6.24. The molecule has 5 heteroatoms. The number of aromatic nitrogens is 1. The summed E-state index contributed by atoms with van der Waals surface area (Å²) in [5, 5.41) is 5.55. The molecule has 0 radical (unpaired) electrons. The second-order valence-electron chi connectivity index (χ2n) is 9.49. The van der Waals surface area contributed by atoms with Crippen LogP contribution in [0.15, 0.2) is 18.2 Å². The fraction of sp³-hybridized carbons (Fsp3) is 0.571. The van der Waals surface area contributed by atoms with Crippen LogP contribution in [0, 0.1) is 5.92 Å². The smallest absolute Gasteiger partial charge is 0.241 e. The van der Waals surface area contributed by atoms with E-state index in [-0.39, 0.29) is 22.4 Å². The fourth-order valence-electron chi connectivity index (χ4n) is 6.82. The molecular weight excluding hydrogens is 346 g/mol. The Morgan fingerprint density at radius 2 is 2.15 bits per heavy atom. The second-order valence-corrected chi connectivity index (χ2v) is 9.93. The number of amides is 1. The van der Waals surface area contributed by atoms with Gasteiger partial charge in [0.05, 0.1) is 5.54 Å². The maximum Gasteiger partial charge on any atom is 0.241 e. The van der Waals surface area contributed by atoms with Gasteiger partial charge in [-0.25, -0.2) is 0 Å². The minimum absolute atomic E-state index is 0.00550. The van der Waals surface area contributed by atoms with Crippen LogP contribution in [-0.4, -0.2) is 40.0 Å². The monoisotopic (exact) mass is 369 g/mol. The van der Waals surface area contributed by atoms with E-state index < -0.39 is 0 Å². The Kier molecular flexibility index (Phi) is 2.67. The normalized spacial score (nSPS) is 37.3. The molecule has 1 aromatic heterocycles. The molecule has 2 spiro atoms. The van der Waals surface area contributed by atoms with Crippen LogP contribution >= 0.6 is 11.6 Å². The molecule has 4 nitrogen and oxygen atoms in total. The van der Waals surface area contributed by atoms with Crippen molar-refractivity contribution in [2.24, 2.45) is 5.92 Å². The molecule has 7 rings (SSSR count). The third kappa shape index (κ3) is 1.60. The highest BCUT2D eigenvalue weighted by atomic mass is 35.5. The molecule has 1 aromatic carbocycles. The first kappa shape index (κ1) is 15.5. The summed E-state index contributed by atoms with van der Waals surface area (Å²) in [4.78, 5) is 19.3. The maximum atomic E-state index is 13.1. The van der Waals surface area contributed by atoms with Gasteiger partial charge in [0, 0.05) is 33.6 Å². The lowest BCUT2D eigenvalue weighted by Gasteiger charge is -2.65. The molecule has 4 saturated heterocycles. The Hall–Kier alpha value is -1.52. The van der Waals surface area contributed by atoms with Gasteiger partial charge in [0.25, 0.3) is 0 Å². The number of rotatable bonds is 0. The average Bonchev–Trinajstić information content (AvgIpc) is 3.15.